The number of aromatic nitrogens is 2. The van der Waals surface area contributed by atoms with Crippen molar-refractivity contribution in [1.82, 2.24) is 24.7 Å². The van der Waals surface area contributed by atoms with Gasteiger partial charge in [0.1, 0.15) is 6.04 Å². The smallest absolute Gasteiger partial charge is 0.329 e. The van der Waals surface area contributed by atoms with Crippen molar-refractivity contribution in [2.24, 2.45) is 7.05 Å². The fraction of sp³-hybridized carbons (Fsp3) is 0.640. The first kappa shape index (κ1) is 25.9. The minimum atomic E-state index is -0.654. The standard InChI is InChI=1S/C25H35N5O4.ClH/c1-28-22-16-17(2-3-20(22)30(25(28)33)21-4-5-23(31)27-24(21)32)10-15-34-19-8-13-29(14-9-19)18-6-11-26-12-7-18;/h2-3,16,18-19,21,26H,4-15H2,1H3,(H,27,31,32);1H. The molecule has 1 aromatic heterocycles. The second-order valence-electron chi connectivity index (χ2n) is 9.84. The number of amides is 2. The first-order valence-corrected chi connectivity index (χ1v) is 12.6. The van der Waals surface area contributed by atoms with E-state index >= 15 is 0 Å². The van der Waals surface area contributed by atoms with Gasteiger partial charge in [-0.3, -0.25) is 24.0 Å². The van der Waals surface area contributed by atoms with Crippen molar-refractivity contribution >= 4 is 35.3 Å². The van der Waals surface area contributed by atoms with E-state index in [2.05, 4.69) is 15.5 Å². The molecule has 4 heterocycles. The van der Waals surface area contributed by atoms with Gasteiger partial charge in [-0.15, -0.1) is 12.4 Å². The molecule has 1 unspecified atom stereocenters. The number of carbonyl (C=O) groups excluding carboxylic acids is 2. The van der Waals surface area contributed by atoms with E-state index in [1.165, 1.54) is 17.4 Å². The van der Waals surface area contributed by atoms with Crippen LogP contribution in [0.15, 0.2) is 23.0 Å². The lowest BCUT2D eigenvalue weighted by molar-refractivity contribution is -0.135. The van der Waals surface area contributed by atoms with Crippen LogP contribution in [0.3, 0.4) is 0 Å². The monoisotopic (exact) mass is 505 g/mol. The molecule has 2 N–H and O–H groups in total. The first-order chi connectivity index (χ1) is 16.5. The van der Waals surface area contributed by atoms with Gasteiger partial charge in [0, 0.05) is 32.6 Å². The molecule has 0 saturated carbocycles. The molecule has 1 aromatic carbocycles. The van der Waals surface area contributed by atoms with Gasteiger partial charge in [0.2, 0.25) is 11.8 Å². The van der Waals surface area contributed by atoms with E-state index < -0.39 is 11.9 Å². The third kappa shape index (κ3) is 5.48. The Balaban J connectivity index is 0.00000289. The quantitative estimate of drug-likeness (QED) is 0.578. The number of benzene rings is 1. The lowest BCUT2D eigenvalue weighted by Gasteiger charge is -2.39. The average Bonchev–Trinajstić information content (AvgIpc) is 3.10. The highest BCUT2D eigenvalue weighted by molar-refractivity contribution is 6.00. The van der Waals surface area contributed by atoms with E-state index in [1.54, 1.807) is 11.6 Å². The van der Waals surface area contributed by atoms with Gasteiger partial charge in [0.25, 0.3) is 0 Å². The maximum Gasteiger partial charge on any atom is 0.329 e. The minimum absolute atomic E-state index is 0. The van der Waals surface area contributed by atoms with E-state index in [1.807, 2.05) is 18.2 Å². The van der Waals surface area contributed by atoms with Crippen LogP contribution in [0.4, 0.5) is 0 Å². The summed E-state index contributed by atoms with van der Waals surface area (Å²) in [4.78, 5) is 39.4. The Kier molecular flexibility index (Phi) is 8.31. The zero-order valence-electron chi connectivity index (χ0n) is 20.3. The molecule has 2 amide bonds. The Labute approximate surface area is 211 Å². The second kappa shape index (κ2) is 11.2. The number of imide groups is 1. The zero-order valence-corrected chi connectivity index (χ0v) is 21.1. The largest absolute Gasteiger partial charge is 0.378 e. The maximum atomic E-state index is 12.9. The van der Waals surface area contributed by atoms with Crippen LogP contribution in [0.2, 0.25) is 0 Å². The summed E-state index contributed by atoms with van der Waals surface area (Å²) in [5, 5.41) is 5.80. The number of carbonyl (C=O) groups is 2. The number of piperidine rings is 3. The molecule has 3 aliphatic rings. The summed E-state index contributed by atoms with van der Waals surface area (Å²) in [6.07, 6.45) is 6.37. The summed E-state index contributed by atoms with van der Waals surface area (Å²) in [7, 11) is 1.73. The van der Waals surface area contributed by atoms with Crippen molar-refractivity contribution in [3.63, 3.8) is 0 Å². The summed E-state index contributed by atoms with van der Waals surface area (Å²) in [5.41, 5.74) is 2.38. The number of aryl methyl sites for hydroxylation is 1. The van der Waals surface area contributed by atoms with E-state index in [9.17, 15) is 14.4 Å². The third-order valence-electron chi connectivity index (χ3n) is 7.72. The molecular formula is C25H36ClN5O4. The Bertz CT molecular complexity index is 1110. The van der Waals surface area contributed by atoms with Gasteiger partial charge < -0.3 is 15.0 Å². The molecule has 3 saturated heterocycles. The van der Waals surface area contributed by atoms with Crippen LogP contribution in [-0.4, -0.2) is 70.8 Å². The van der Waals surface area contributed by atoms with Crippen molar-refractivity contribution in [2.45, 2.75) is 63.1 Å². The van der Waals surface area contributed by atoms with Crippen LogP contribution >= 0.6 is 12.4 Å². The fourth-order valence-corrected chi connectivity index (χ4v) is 5.72. The van der Waals surface area contributed by atoms with Crippen molar-refractivity contribution in [2.75, 3.05) is 32.8 Å². The second-order valence-corrected chi connectivity index (χ2v) is 9.84. The molecule has 1 atom stereocenters. The highest BCUT2D eigenvalue weighted by atomic mass is 35.5. The number of nitrogens with one attached hydrogen (secondary N) is 2. The van der Waals surface area contributed by atoms with E-state index in [0.29, 0.717) is 19.1 Å². The molecule has 0 spiro atoms. The number of hydrogen-bond acceptors (Lipinski definition) is 6. The Morgan fingerprint density at radius 2 is 1.74 bits per heavy atom. The minimum Gasteiger partial charge on any atom is -0.378 e. The summed E-state index contributed by atoms with van der Waals surface area (Å²) in [5.74, 6) is -0.691. The number of fused-ring (bicyclic) bond motifs is 1. The normalized spacial score (nSPS) is 22.8. The highest BCUT2D eigenvalue weighted by Crippen LogP contribution is 2.24. The molecule has 3 aliphatic heterocycles. The molecule has 3 fully saturated rings. The van der Waals surface area contributed by atoms with Gasteiger partial charge in [0.15, 0.2) is 0 Å². The number of hydrogen-bond donors (Lipinski definition) is 2. The van der Waals surface area contributed by atoms with Crippen LogP contribution in [0.25, 0.3) is 11.0 Å². The lowest BCUT2D eigenvalue weighted by Crippen LogP contribution is -2.47. The Morgan fingerprint density at radius 3 is 2.46 bits per heavy atom. The summed E-state index contributed by atoms with van der Waals surface area (Å²) in [6.45, 7) is 5.17. The molecule has 35 heavy (non-hydrogen) atoms. The van der Waals surface area contributed by atoms with E-state index in [-0.39, 0.29) is 30.4 Å². The molecule has 0 bridgehead atoms. The number of halogens is 1. The average molecular weight is 506 g/mol. The zero-order chi connectivity index (χ0) is 23.7. The van der Waals surface area contributed by atoms with Crippen LogP contribution in [0, 0.1) is 0 Å². The fourth-order valence-electron chi connectivity index (χ4n) is 5.72. The number of likely N-dealkylation sites (tertiary alicyclic amines) is 1. The van der Waals surface area contributed by atoms with Gasteiger partial charge in [0.05, 0.1) is 23.7 Å². The maximum absolute atomic E-state index is 12.9. The number of rotatable bonds is 6. The lowest BCUT2D eigenvalue weighted by atomic mass is 10.00. The molecular weight excluding hydrogens is 470 g/mol. The van der Waals surface area contributed by atoms with Gasteiger partial charge in [-0.1, -0.05) is 6.07 Å². The van der Waals surface area contributed by atoms with Crippen molar-refractivity contribution in [3.8, 4) is 0 Å². The third-order valence-corrected chi connectivity index (χ3v) is 7.72. The van der Waals surface area contributed by atoms with Gasteiger partial charge in [-0.05, 0) is 69.3 Å². The molecule has 5 rings (SSSR count). The van der Waals surface area contributed by atoms with Crippen molar-refractivity contribution in [3.05, 3.63) is 34.2 Å². The molecule has 10 heteroatoms. The van der Waals surface area contributed by atoms with Crippen LogP contribution in [0.1, 0.15) is 50.1 Å². The topological polar surface area (TPSA) is 97.6 Å². The first-order valence-electron chi connectivity index (χ1n) is 12.6. The number of ether oxygens (including phenoxy) is 1. The molecule has 9 nitrogen and oxygen atoms in total. The van der Waals surface area contributed by atoms with Gasteiger partial charge in [-0.2, -0.15) is 0 Å². The molecule has 192 valence electrons. The number of imidazole rings is 1. The molecule has 0 radical (unpaired) electrons. The SMILES string of the molecule is Cl.Cn1c(=O)n(C2CCC(=O)NC2=O)c2ccc(CCOC3CCN(C4CCNCC4)CC3)cc21. The van der Waals surface area contributed by atoms with Crippen LogP contribution < -0.4 is 16.3 Å². The summed E-state index contributed by atoms with van der Waals surface area (Å²) in [6, 6.07) is 6.01. The van der Waals surface area contributed by atoms with E-state index in [0.717, 1.165) is 68.1 Å². The summed E-state index contributed by atoms with van der Waals surface area (Å²) >= 11 is 0. The van der Waals surface area contributed by atoms with Crippen molar-refractivity contribution < 1.29 is 14.3 Å². The van der Waals surface area contributed by atoms with Gasteiger partial charge >= 0.3 is 5.69 Å². The summed E-state index contributed by atoms with van der Waals surface area (Å²) < 4.78 is 9.32. The van der Waals surface area contributed by atoms with Gasteiger partial charge in [-0.25, -0.2) is 4.79 Å². The van der Waals surface area contributed by atoms with Crippen LogP contribution in [-0.2, 0) is 27.8 Å². The number of nitrogens with zero attached hydrogens (tertiary/aromatic N) is 3. The predicted molar refractivity (Wildman–Crippen MR) is 136 cm³/mol. The van der Waals surface area contributed by atoms with Crippen LogP contribution in [0.5, 0.6) is 0 Å². The van der Waals surface area contributed by atoms with E-state index in [4.69, 9.17) is 4.74 Å². The highest BCUT2D eigenvalue weighted by Gasteiger charge is 2.31. The molecule has 0 aliphatic carbocycles. The Hall–Kier alpha value is -2.20. The van der Waals surface area contributed by atoms with Crippen molar-refractivity contribution in [1.29, 1.82) is 0 Å². The predicted octanol–water partition coefficient (Wildman–Crippen LogP) is 1.52. The Morgan fingerprint density at radius 1 is 1.00 bits per heavy atom. The molecule has 2 aromatic rings.